The maximum absolute atomic E-state index is 11.2. The quantitative estimate of drug-likeness (QED) is 0.417. The molecule has 1 rings (SSSR count). The van der Waals surface area contributed by atoms with Gasteiger partial charge in [-0.25, -0.2) is 9.78 Å². The van der Waals surface area contributed by atoms with E-state index >= 15 is 0 Å². The summed E-state index contributed by atoms with van der Waals surface area (Å²) < 4.78 is 15.5. The number of halogens is 1. The van der Waals surface area contributed by atoms with E-state index in [1.807, 2.05) is 0 Å². The highest BCUT2D eigenvalue weighted by Crippen LogP contribution is 2.41. The second-order valence-electron chi connectivity index (χ2n) is 4.11. The first-order chi connectivity index (χ1) is 9.86. The highest BCUT2D eigenvalue weighted by Gasteiger charge is 2.28. The molecule has 0 aliphatic rings. The van der Waals surface area contributed by atoms with E-state index in [9.17, 15) is 14.9 Å². The molecule has 1 aromatic heterocycles. The van der Waals surface area contributed by atoms with Gasteiger partial charge in [0.25, 0.3) is 5.88 Å². The molecule has 0 aliphatic carbocycles. The zero-order chi connectivity index (χ0) is 16.0. The summed E-state index contributed by atoms with van der Waals surface area (Å²) >= 11 is 3.14. The van der Waals surface area contributed by atoms with Crippen molar-refractivity contribution >= 4 is 27.6 Å². The summed E-state index contributed by atoms with van der Waals surface area (Å²) in [6.07, 6.45) is 1.03. The molecule has 1 heterocycles. The number of hydrogen-bond acceptors (Lipinski definition) is 7. The van der Waals surface area contributed by atoms with E-state index in [0.29, 0.717) is 4.47 Å². The van der Waals surface area contributed by atoms with Gasteiger partial charge >= 0.3 is 11.7 Å². The van der Waals surface area contributed by atoms with Crippen molar-refractivity contribution in [1.29, 1.82) is 0 Å². The fraction of sp³-hybridized carbons (Fsp3) is 0.500. The molecule has 0 saturated carbocycles. The maximum Gasteiger partial charge on any atom is 0.373 e. The van der Waals surface area contributed by atoms with Crippen molar-refractivity contribution in [2.45, 2.75) is 26.9 Å². The van der Waals surface area contributed by atoms with Gasteiger partial charge < -0.3 is 14.2 Å². The zero-order valence-electron chi connectivity index (χ0n) is 11.8. The molecule has 0 atom stereocenters. The average molecular weight is 363 g/mol. The Balaban J connectivity index is 3.08. The van der Waals surface area contributed by atoms with E-state index in [1.165, 1.54) is 6.20 Å². The molecule has 21 heavy (non-hydrogen) atoms. The van der Waals surface area contributed by atoms with Gasteiger partial charge in [0.05, 0.1) is 22.1 Å². The number of ether oxygens (including phenoxy) is 3. The van der Waals surface area contributed by atoms with Crippen molar-refractivity contribution < 1.29 is 23.9 Å². The number of pyridine rings is 1. The molecule has 0 amide bonds. The second kappa shape index (κ2) is 7.77. The van der Waals surface area contributed by atoms with Crippen LogP contribution in [0.1, 0.15) is 20.8 Å². The van der Waals surface area contributed by atoms with Crippen molar-refractivity contribution in [2.24, 2.45) is 0 Å². The van der Waals surface area contributed by atoms with Gasteiger partial charge in [-0.3, -0.25) is 10.1 Å². The van der Waals surface area contributed by atoms with E-state index < -0.39 is 23.2 Å². The summed E-state index contributed by atoms with van der Waals surface area (Å²) in [6.45, 7) is 4.84. The first kappa shape index (κ1) is 17.2. The molecule has 0 unspecified atom stereocenters. The smallest absolute Gasteiger partial charge is 0.373 e. The van der Waals surface area contributed by atoms with E-state index in [0.717, 1.165) is 0 Å². The van der Waals surface area contributed by atoms with Gasteiger partial charge in [-0.05, 0) is 36.7 Å². The molecule has 0 fully saturated rings. The lowest BCUT2D eigenvalue weighted by molar-refractivity contribution is -0.387. The van der Waals surface area contributed by atoms with E-state index in [1.54, 1.807) is 20.8 Å². The van der Waals surface area contributed by atoms with E-state index in [2.05, 4.69) is 25.7 Å². The van der Waals surface area contributed by atoms with Gasteiger partial charge in [-0.2, -0.15) is 0 Å². The minimum Gasteiger partial charge on any atom is -0.483 e. The van der Waals surface area contributed by atoms with Gasteiger partial charge in [-0.1, -0.05) is 0 Å². The molecular formula is C12H15BrN2O6. The first-order valence-corrected chi connectivity index (χ1v) is 6.94. The summed E-state index contributed by atoms with van der Waals surface area (Å²) in [5.41, 5.74) is -0.442. The number of rotatable bonds is 7. The third kappa shape index (κ3) is 4.85. The lowest BCUT2D eigenvalue weighted by Gasteiger charge is -2.13. The number of nitro groups is 1. The van der Waals surface area contributed by atoms with Crippen LogP contribution in [0.25, 0.3) is 0 Å². The minimum absolute atomic E-state index is 0.00357. The SMILES string of the molecule is CCOC(=O)COc1ncc(Br)c(OC(C)C)c1[N+](=O)[O-]. The van der Waals surface area contributed by atoms with Crippen molar-refractivity contribution in [2.75, 3.05) is 13.2 Å². The van der Waals surface area contributed by atoms with Gasteiger partial charge in [0, 0.05) is 6.20 Å². The predicted octanol–water partition coefficient (Wildman–Crippen LogP) is 2.48. The molecule has 8 nitrogen and oxygen atoms in total. The van der Waals surface area contributed by atoms with Crippen LogP contribution in [0.2, 0.25) is 0 Å². The Bertz CT molecular complexity index is 535. The number of carbonyl (C=O) groups is 1. The largest absolute Gasteiger partial charge is 0.483 e. The van der Waals surface area contributed by atoms with Crippen LogP contribution in [0.3, 0.4) is 0 Å². The monoisotopic (exact) mass is 362 g/mol. The molecule has 0 N–H and O–H groups in total. The summed E-state index contributed by atoms with van der Waals surface area (Å²) in [5, 5.41) is 11.2. The molecule has 0 spiro atoms. The van der Waals surface area contributed by atoms with Crippen LogP contribution in [-0.2, 0) is 9.53 Å². The van der Waals surface area contributed by atoms with Crippen LogP contribution in [0.15, 0.2) is 10.7 Å². The molecule has 0 saturated heterocycles. The molecule has 0 bridgehead atoms. The zero-order valence-corrected chi connectivity index (χ0v) is 13.4. The van der Waals surface area contributed by atoms with Gasteiger partial charge in [0.1, 0.15) is 0 Å². The lowest BCUT2D eigenvalue weighted by Crippen LogP contribution is -2.16. The Morgan fingerprint density at radius 3 is 2.71 bits per heavy atom. The predicted molar refractivity (Wildman–Crippen MR) is 76.5 cm³/mol. The molecule has 0 aromatic carbocycles. The second-order valence-corrected chi connectivity index (χ2v) is 4.96. The molecular weight excluding hydrogens is 348 g/mol. The standard InChI is InChI=1S/C12H15BrN2O6/c1-4-19-9(16)6-20-12-10(15(17)18)11(21-7(2)3)8(13)5-14-12/h5,7H,4,6H2,1-3H3. The third-order valence-electron chi connectivity index (χ3n) is 2.10. The first-order valence-electron chi connectivity index (χ1n) is 6.14. The van der Waals surface area contributed by atoms with E-state index in [4.69, 9.17) is 9.47 Å². The van der Waals surface area contributed by atoms with Crippen LogP contribution < -0.4 is 9.47 Å². The number of esters is 1. The Hall–Kier alpha value is -1.90. The molecule has 0 radical (unpaired) electrons. The van der Waals surface area contributed by atoms with Crippen molar-refractivity contribution in [1.82, 2.24) is 4.98 Å². The van der Waals surface area contributed by atoms with Gasteiger partial charge in [-0.15, -0.1) is 0 Å². The average Bonchev–Trinajstić information content (AvgIpc) is 2.38. The minimum atomic E-state index is -0.671. The summed E-state index contributed by atoms with van der Waals surface area (Å²) in [5.74, 6) is -0.932. The summed E-state index contributed by atoms with van der Waals surface area (Å²) in [4.78, 5) is 25.6. The lowest BCUT2D eigenvalue weighted by atomic mass is 10.3. The number of nitrogens with zero attached hydrogens (tertiary/aromatic N) is 2. The van der Waals surface area contributed by atoms with Crippen LogP contribution in [0, 0.1) is 10.1 Å². The molecule has 116 valence electrons. The highest BCUT2D eigenvalue weighted by atomic mass is 79.9. The van der Waals surface area contributed by atoms with Crippen LogP contribution in [-0.4, -0.2) is 35.2 Å². The number of carbonyl (C=O) groups excluding carboxylic acids is 1. The topological polar surface area (TPSA) is 101 Å². The third-order valence-corrected chi connectivity index (χ3v) is 2.66. The van der Waals surface area contributed by atoms with Crippen molar-refractivity contribution in [3.8, 4) is 11.6 Å². The Kier molecular flexibility index (Phi) is 6.35. The fourth-order valence-corrected chi connectivity index (χ4v) is 1.77. The summed E-state index contributed by atoms with van der Waals surface area (Å²) in [6, 6.07) is 0. The molecule has 9 heteroatoms. The van der Waals surface area contributed by atoms with Crippen LogP contribution in [0.4, 0.5) is 5.69 Å². The van der Waals surface area contributed by atoms with Crippen LogP contribution in [0.5, 0.6) is 11.6 Å². The van der Waals surface area contributed by atoms with Crippen molar-refractivity contribution in [3.05, 3.63) is 20.8 Å². The summed E-state index contributed by atoms with van der Waals surface area (Å²) in [7, 11) is 0. The van der Waals surface area contributed by atoms with Crippen molar-refractivity contribution in [3.63, 3.8) is 0 Å². The normalized spacial score (nSPS) is 10.3. The highest BCUT2D eigenvalue weighted by molar-refractivity contribution is 9.10. The van der Waals surface area contributed by atoms with Gasteiger partial charge in [0.2, 0.25) is 5.75 Å². The maximum atomic E-state index is 11.2. The Labute approximate surface area is 129 Å². The number of aromatic nitrogens is 1. The molecule has 1 aromatic rings. The Morgan fingerprint density at radius 1 is 1.52 bits per heavy atom. The number of hydrogen-bond donors (Lipinski definition) is 0. The fourth-order valence-electron chi connectivity index (χ4n) is 1.39. The van der Waals surface area contributed by atoms with Gasteiger partial charge in [0.15, 0.2) is 6.61 Å². The van der Waals surface area contributed by atoms with E-state index in [-0.39, 0.29) is 24.3 Å². The van der Waals surface area contributed by atoms with Crippen LogP contribution >= 0.6 is 15.9 Å². The molecule has 0 aliphatic heterocycles. The Morgan fingerprint density at radius 2 is 2.19 bits per heavy atom.